The highest BCUT2D eigenvalue weighted by atomic mass is 31.2. The number of pyridine rings is 1. The molecule has 1 fully saturated rings. The molecule has 0 saturated heterocycles. The fourth-order valence-electron chi connectivity index (χ4n) is 6.65. The van der Waals surface area contributed by atoms with Crippen molar-refractivity contribution in [3.8, 4) is 17.0 Å². The van der Waals surface area contributed by atoms with Crippen LogP contribution >= 0.6 is 7.60 Å². The van der Waals surface area contributed by atoms with E-state index in [1.165, 1.54) is 17.5 Å². The number of nitrogens with zero attached hydrogens (tertiary/aromatic N) is 3. The van der Waals surface area contributed by atoms with Gasteiger partial charge in [0.05, 0.1) is 29.8 Å². The zero-order chi connectivity index (χ0) is 38.3. The quantitative estimate of drug-likeness (QED) is 0.147. The highest BCUT2D eigenvalue weighted by Crippen LogP contribution is 2.61. The number of alkyl carbamates (subject to hydrolysis) is 1. The van der Waals surface area contributed by atoms with Gasteiger partial charge in [0.25, 0.3) is 0 Å². The van der Waals surface area contributed by atoms with Gasteiger partial charge in [0.1, 0.15) is 30.8 Å². The predicted molar refractivity (Wildman–Crippen MR) is 189 cm³/mol. The number of ether oxygens (including phenoxy) is 2. The molecule has 2 unspecified atom stereocenters. The van der Waals surface area contributed by atoms with Crippen LogP contribution in [0.3, 0.4) is 0 Å². The normalized spacial score (nSPS) is 17.6. The molecule has 1 saturated carbocycles. The Morgan fingerprint density at radius 3 is 2.43 bits per heavy atom. The first kappa shape index (κ1) is 38.0. The zero-order valence-electron chi connectivity index (χ0n) is 30.2. The summed E-state index contributed by atoms with van der Waals surface area (Å²) in [6, 6.07) is 10.5. The summed E-state index contributed by atoms with van der Waals surface area (Å²) in [7, 11) is -3.45. The number of nitrogens with one attached hydrogen (secondary N) is 2. The van der Waals surface area contributed by atoms with E-state index in [4.69, 9.17) is 18.5 Å². The number of rotatable bonds is 11. The smallest absolute Gasteiger partial charge is 0.408 e. The number of aromatic nitrogens is 3. The first-order valence-corrected chi connectivity index (χ1v) is 19.0. The van der Waals surface area contributed by atoms with Crippen molar-refractivity contribution >= 4 is 25.3 Å². The molecule has 53 heavy (non-hydrogen) atoms. The van der Waals surface area contributed by atoms with E-state index >= 15 is 4.39 Å². The highest BCUT2D eigenvalue weighted by molar-refractivity contribution is 7.53. The molecule has 6 rings (SSSR count). The summed E-state index contributed by atoms with van der Waals surface area (Å²) in [6.07, 6.45) is 1.53. The van der Waals surface area contributed by atoms with Gasteiger partial charge < -0.3 is 24.6 Å². The highest BCUT2D eigenvalue weighted by Gasteiger charge is 2.58. The van der Waals surface area contributed by atoms with Gasteiger partial charge in [-0.15, -0.1) is 0 Å². The predicted octanol–water partition coefficient (Wildman–Crippen LogP) is 7.78. The van der Waals surface area contributed by atoms with Crippen molar-refractivity contribution < 1.29 is 45.8 Å². The zero-order valence-corrected chi connectivity index (χ0v) is 31.1. The second kappa shape index (κ2) is 14.6. The Bertz CT molecular complexity index is 2080. The summed E-state index contributed by atoms with van der Waals surface area (Å²) >= 11 is 0. The van der Waals surface area contributed by atoms with Gasteiger partial charge in [-0.3, -0.25) is 18.9 Å². The Kier molecular flexibility index (Phi) is 10.5. The van der Waals surface area contributed by atoms with Crippen molar-refractivity contribution in [2.75, 3.05) is 18.6 Å². The van der Waals surface area contributed by atoms with Crippen molar-refractivity contribution in [1.82, 2.24) is 20.1 Å². The summed E-state index contributed by atoms with van der Waals surface area (Å²) in [5.41, 5.74) is 0.764. The minimum Gasteiger partial charge on any atom is -0.493 e. The lowest BCUT2D eigenvalue weighted by atomic mass is 9.76. The van der Waals surface area contributed by atoms with Crippen LogP contribution in [0.1, 0.15) is 62.0 Å². The first-order chi connectivity index (χ1) is 24.9. The maximum absolute atomic E-state index is 15.8. The van der Waals surface area contributed by atoms with E-state index in [0.717, 1.165) is 18.2 Å². The molecule has 2 aromatic carbocycles. The maximum atomic E-state index is 15.8. The van der Waals surface area contributed by atoms with Crippen molar-refractivity contribution in [1.29, 1.82) is 0 Å². The summed E-state index contributed by atoms with van der Waals surface area (Å²) < 4.78 is 81.3. The molecule has 3 heterocycles. The Balaban J connectivity index is 1.25. The molecule has 1 aliphatic heterocycles. The van der Waals surface area contributed by atoms with Crippen LogP contribution in [-0.2, 0) is 36.5 Å². The molecule has 1 spiro atoms. The SMILES string of the molecule is Cc1nn(COP(C)(=O)OC(C)(C)C)c(C)c1-c1ncc(NC(=O)[C@@H](NC(=O)OCc2ccccc2)C2c3cc(F)c(F)cc3OCC23CC3)cc1F. The summed E-state index contributed by atoms with van der Waals surface area (Å²) in [5.74, 6) is -4.58. The fourth-order valence-corrected chi connectivity index (χ4v) is 8.02. The van der Waals surface area contributed by atoms with E-state index in [1.807, 2.05) is 6.07 Å². The Hall–Kier alpha value is -4.72. The molecule has 2 aliphatic rings. The molecule has 2 aromatic heterocycles. The van der Waals surface area contributed by atoms with Crippen LogP contribution in [0, 0.1) is 36.7 Å². The molecule has 282 valence electrons. The van der Waals surface area contributed by atoms with Gasteiger partial charge in [-0.2, -0.15) is 5.10 Å². The monoisotopic (exact) mass is 755 g/mol. The third-order valence-corrected chi connectivity index (χ3v) is 10.6. The van der Waals surface area contributed by atoms with E-state index in [9.17, 15) is 22.9 Å². The van der Waals surface area contributed by atoms with E-state index in [-0.39, 0.29) is 42.6 Å². The summed E-state index contributed by atoms with van der Waals surface area (Å²) in [5, 5.41) is 9.70. The van der Waals surface area contributed by atoms with Gasteiger partial charge in [0, 0.05) is 47.0 Å². The Morgan fingerprint density at radius 2 is 1.77 bits per heavy atom. The van der Waals surface area contributed by atoms with Crippen LogP contribution in [0.2, 0.25) is 0 Å². The number of benzene rings is 2. The van der Waals surface area contributed by atoms with Crippen LogP contribution in [0.4, 0.5) is 23.7 Å². The van der Waals surface area contributed by atoms with Crippen molar-refractivity contribution in [2.24, 2.45) is 5.41 Å². The standard InChI is InChI=1S/C37H41F3N5O7P/c1-21-30(22(2)45(44-21)20-51-53(6,48)52-36(3,4)5)32-28(40)14-24(17-41-32)42-34(46)33(43-35(47)49-18-23-10-8-7-9-11-23)31-25-15-26(38)27(39)16-29(25)50-19-37(31)12-13-37/h7-11,14-17,31,33H,12-13,18-20H2,1-6H3,(H,42,46)(H,43,47)/t31?,33-,53?/m0/s1. The second-order valence-electron chi connectivity index (χ2n) is 14.4. The van der Waals surface area contributed by atoms with Gasteiger partial charge in [0.2, 0.25) is 5.91 Å². The van der Waals surface area contributed by atoms with Gasteiger partial charge in [-0.1, -0.05) is 30.3 Å². The average molecular weight is 756 g/mol. The molecule has 0 bridgehead atoms. The molecule has 16 heteroatoms. The molecule has 12 nitrogen and oxygen atoms in total. The summed E-state index contributed by atoms with van der Waals surface area (Å²) in [4.78, 5) is 31.6. The average Bonchev–Trinajstić information content (AvgIpc) is 3.79. The number of carbonyl (C=O) groups excluding carboxylic acids is 2. The van der Waals surface area contributed by atoms with Gasteiger partial charge in [-0.25, -0.2) is 22.6 Å². The minimum atomic E-state index is -3.45. The Morgan fingerprint density at radius 1 is 1.08 bits per heavy atom. The molecule has 2 N–H and O–H groups in total. The molecule has 0 radical (unpaired) electrons. The van der Waals surface area contributed by atoms with Crippen LogP contribution < -0.4 is 15.4 Å². The summed E-state index contributed by atoms with van der Waals surface area (Å²) in [6.45, 7) is 9.77. The molecular weight excluding hydrogens is 714 g/mol. The van der Waals surface area contributed by atoms with Gasteiger partial charge >= 0.3 is 13.7 Å². The molecular formula is C37H41F3N5O7P. The van der Waals surface area contributed by atoms with Crippen LogP contribution in [0.5, 0.6) is 5.75 Å². The van der Waals surface area contributed by atoms with E-state index < -0.39 is 60.0 Å². The lowest BCUT2D eigenvalue weighted by Gasteiger charge is -2.38. The number of aryl methyl sites for hydroxylation is 1. The number of anilines is 1. The van der Waals surface area contributed by atoms with Crippen LogP contribution in [0.25, 0.3) is 11.3 Å². The van der Waals surface area contributed by atoms with Crippen molar-refractivity contribution in [2.45, 2.75) is 78.4 Å². The number of fused-ring (bicyclic) bond motifs is 1. The number of hydrogen-bond acceptors (Lipinski definition) is 9. The van der Waals surface area contributed by atoms with E-state index in [2.05, 4.69) is 20.7 Å². The van der Waals surface area contributed by atoms with Crippen molar-refractivity contribution in [3.63, 3.8) is 0 Å². The number of hydrogen-bond donors (Lipinski definition) is 2. The molecule has 3 atom stereocenters. The lowest BCUT2D eigenvalue weighted by molar-refractivity contribution is -0.119. The number of halogens is 3. The largest absolute Gasteiger partial charge is 0.493 e. The van der Waals surface area contributed by atoms with Crippen LogP contribution in [0.15, 0.2) is 54.7 Å². The molecule has 4 aromatic rings. The Labute approximate surface area is 304 Å². The first-order valence-electron chi connectivity index (χ1n) is 17.0. The fraction of sp³-hybridized carbons (Fsp3) is 0.405. The van der Waals surface area contributed by atoms with Gasteiger partial charge in [0.15, 0.2) is 17.5 Å². The third kappa shape index (κ3) is 8.58. The molecule has 1 aliphatic carbocycles. The van der Waals surface area contributed by atoms with E-state index in [0.29, 0.717) is 35.4 Å². The van der Waals surface area contributed by atoms with Crippen molar-refractivity contribution in [3.05, 3.63) is 94.7 Å². The number of amides is 2. The molecule has 2 amide bonds. The lowest BCUT2D eigenvalue weighted by Crippen LogP contribution is -2.52. The third-order valence-electron chi connectivity index (χ3n) is 9.14. The maximum Gasteiger partial charge on any atom is 0.408 e. The van der Waals surface area contributed by atoms with Gasteiger partial charge in [-0.05, 0) is 59.1 Å². The topological polar surface area (TPSA) is 143 Å². The van der Waals surface area contributed by atoms with Crippen LogP contribution in [-0.4, -0.2) is 51.7 Å². The second-order valence-corrected chi connectivity index (χ2v) is 16.4. The minimum absolute atomic E-state index is 0.0274. The number of carbonyl (C=O) groups is 2. The van der Waals surface area contributed by atoms with E-state index in [1.54, 1.807) is 58.9 Å².